The minimum atomic E-state index is -0.677. The maximum absolute atomic E-state index is 14.0. The molecule has 0 radical (unpaired) electrons. The predicted octanol–water partition coefficient (Wildman–Crippen LogP) is 4.44. The number of rotatable bonds is 4. The average Bonchev–Trinajstić information content (AvgIpc) is 2.70. The van der Waals surface area contributed by atoms with Gasteiger partial charge in [0.1, 0.15) is 17.5 Å². The van der Waals surface area contributed by atoms with E-state index in [0.29, 0.717) is 5.95 Å². The third kappa shape index (κ3) is 4.45. The van der Waals surface area contributed by atoms with Crippen molar-refractivity contribution in [2.24, 2.45) is 0 Å². The molecule has 1 N–H and O–H groups in total. The Kier molecular flexibility index (Phi) is 5.29. The Hall–Kier alpha value is -3.22. The molecule has 1 aromatic heterocycles. The van der Waals surface area contributed by atoms with Crippen LogP contribution in [0, 0.1) is 25.5 Å². The standard InChI is InChI=1S/C22H23F2N5/c1-15-4-3-5-18(12-15)28-8-10-29(11-9-28)21-13-16(2)25-22(27-21)26-20-7-6-17(23)14-19(20)24/h3-7,12-14H,8-11H2,1-2H3,(H,25,26,27). The molecule has 29 heavy (non-hydrogen) atoms. The van der Waals surface area contributed by atoms with Crippen LogP contribution in [0.25, 0.3) is 0 Å². The molecular formula is C22H23F2N5. The number of benzene rings is 2. The van der Waals surface area contributed by atoms with Gasteiger partial charge < -0.3 is 15.1 Å². The molecular weight excluding hydrogens is 372 g/mol. The van der Waals surface area contributed by atoms with Crippen molar-refractivity contribution in [2.45, 2.75) is 13.8 Å². The van der Waals surface area contributed by atoms with Gasteiger partial charge in [0.05, 0.1) is 5.69 Å². The van der Waals surface area contributed by atoms with Crippen LogP contribution in [0.4, 0.5) is 31.9 Å². The summed E-state index contributed by atoms with van der Waals surface area (Å²) in [5, 5.41) is 2.86. The highest BCUT2D eigenvalue weighted by Gasteiger charge is 2.19. The summed E-state index contributed by atoms with van der Waals surface area (Å²) in [5.74, 6) is -0.202. The Balaban J connectivity index is 1.48. The second-order valence-electron chi connectivity index (χ2n) is 7.25. The second-order valence-corrected chi connectivity index (χ2v) is 7.25. The van der Waals surface area contributed by atoms with E-state index in [0.717, 1.165) is 43.8 Å². The molecule has 0 spiro atoms. The highest BCUT2D eigenvalue weighted by molar-refractivity contribution is 5.57. The van der Waals surface area contributed by atoms with Crippen molar-refractivity contribution in [3.05, 3.63) is 71.4 Å². The van der Waals surface area contributed by atoms with E-state index in [1.54, 1.807) is 0 Å². The van der Waals surface area contributed by atoms with Crippen molar-refractivity contribution in [1.29, 1.82) is 0 Å². The smallest absolute Gasteiger partial charge is 0.229 e. The molecule has 0 atom stereocenters. The van der Waals surface area contributed by atoms with Crippen LogP contribution in [0.2, 0.25) is 0 Å². The van der Waals surface area contributed by atoms with E-state index in [1.165, 1.54) is 23.4 Å². The fourth-order valence-electron chi connectivity index (χ4n) is 3.50. The number of nitrogens with one attached hydrogen (secondary N) is 1. The van der Waals surface area contributed by atoms with Crippen LogP contribution in [0.5, 0.6) is 0 Å². The van der Waals surface area contributed by atoms with Gasteiger partial charge in [0.2, 0.25) is 5.95 Å². The molecule has 0 amide bonds. The van der Waals surface area contributed by atoms with Crippen LogP contribution in [0.1, 0.15) is 11.3 Å². The number of aromatic nitrogens is 2. The first-order chi connectivity index (χ1) is 14.0. The molecule has 3 aromatic rings. The summed E-state index contributed by atoms with van der Waals surface area (Å²) in [6.45, 7) is 7.41. The maximum Gasteiger partial charge on any atom is 0.229 e. The van der Waals surface area contributed by atoms with Gasteiger partial charge in [0.15, 0.2) is 0 Å². The molecule has 1 aliphatic rings. The van der Waals surface area contributed by atoms with Crippen LogP contribution in [-0.4, -0.2) is 36.1 Å². The lowest BCUT2D eigenvalue weighted by Gasteiger charge is -2.37. The van der Waals surface area contributed by atoms with E-state index in [2.05, 4.69) is 56.3 Å². The monoisotopic (exact) mass is 395 g/mol. The zero-order valence-corrected chi connectivity index (χ0v) is 16.5. The normalized spacial score (nSPS) is 14.2. The van der Waals surface area contributed by atoms with Gasteiger partial charge in [-0.3, -0.25) is 0 Å². The molecule has 150 valence electrons. The second kappa shape index (κ2) is 8.03. The van der Waals surface area contributed by atoms with Crippen LogP contribution in [0.3, 0.4) is 0 Å². The quantitative estimate of drug-likeness (QED) is 0.708. The SMILES string of the molecule is Cc1cccc(N2CCN(c3cc(C)nc(Nc4ccc(F)cc4F)n3)CC2)c1. The third-order valence-electron chi connectivity index (χ3n) is 4.99. The van der Waals surface area contributed by atoms with Gasteiger partial charge in [-0.15, -0.1) is 0 Å². The Morgan fingerprint density at radius 3 is 2.34 bits per heavy atom. The van der Waals surface area contributed by atoms with Crippen LogP contribution in [-0.2, 0) is 0 Å². The molecule has 1 aliphatic heterocycles. The highest BCUT2D eigenvalue weighted by Crippen LogP contribution is 2.23. The minimum absolute atomic E-state index is 0.146. The molecule has 2 aromatic carbocycles. The van der Waals surface area contributed by atoms with Gasteiger partial charge in [0.25, 0.3) is 0 Å². The Morgan fingerprint density at radius 2 is 1.62 bits per heavy atom. The lowest BCUT2D eigenvalue weighted by atomic mass is 10.2. The molecule has 0 bridgehead atoms. The van der Waals surface area contributed by atoms with Crippen molar-refractivity contribution < 1.29 is 8.78 Å². The number of halogens is 2. The highest BCUT2D eigenvalue weighted by atomic mass is 19.1. The summed E-state index contributed by atoms with van der Waals surface area (Å²) in [6, 6.07) is 13.8. The topological polar surface area (TPSA) is 44.3 Å². The molecule has 5 nitrogen and oxygen atoms in total. The van der Waals surface area contributed by atoms with E-state index in [1.807, 2.05) is 13.0 Å². The fourth-order valence-corrected chi connectivity index (χ4v) is 3.50. The summed E-state index contributed by atoms with van der Waals surface area (Å²) >= 11 is 0. The fraction of sp³-hybridized carbons (Fsp3) is 0.273. The van der Waals surface area contributed by atoms with E-state index in [4.69, 9.17) is 0 Å². The minimum Gasteiger partial charge on any atom is -0.368 e. The number of hydrogen-bond acceptors (Lipinski definition) is 5. The predicted molar refractivity (Wildman–Crippen MR) is 112 cm³/mol. The number of nitrogens with zero attached hydrogens (tertiary/aromatic N) is 4. The first-order valence-corrected chi connectivity index (χ1v) is 9.62. The average molecular weight is 395 g/mol. The Morgan fingerprint density at radius 1 is 0.862 bits per heavy atom. The van der Waals surface area contributed by atoms with E-state index in [9.17, 15) is 8.78 Å². The van der Waals surface area contributed by atoms with E-state index in [-0.39, 0.29) is 5.69 Å². The zero-order valence-electron chi connectivity index (χ0n) is 16.5. The van der Waals surface area contributed by atoms with E-state index >= 15 is 0 Å². The summed E-state index contributed by atoms with van der Waals surface area (Å²) in [5.41, 5.74) is 3.41. The number of aryl methyl sites for hydroxylation is 2. The molecule has 1 saturated heterocycles. The lowest BCUT2D eigenvalue weighted by molar-refractivity contribution is 0.586. The van der Waals surface area contributed by atoms with Crippen LogP contribution < -0.4 is 15.1 Å². The third-order valence-corrected chi connectivity index (χ3v) is 4.99. The first kappa shape index (κ1) is 19.1. The van der Waals surface area contributed by atoms with Crippen LogP contribution in [0.15, 0.2) is 48.5 Å². The molecule has 1 fully saturated rings. The maximum atomic E-state index is 14.0. The van der Waals surface area contributed by atoms with Crippen LogP contribution >= 0.6 is 0 Å². The molecule has 0 saturated carbocycles. The summed E-state index contributed by atoms with van der Waals surface area (Å²) < 4.78 is 27.1. The summed E-state index contributed by atoms with van der Waals surface area (Å²) in [6.07, 6.45) is 0. The number of piperazine rings is 1. The van der Waals surface area contributed by atoms with Crippen molar-refractivity contribution in [1.82, 2.24) is 9.97 Å². The van der Waals surface area contributed by atoms with Crippen molar-refractivity contribution in [3.63, 3.8) is 0 Å². The molecule has 0 aliphatic carbocycles. The molecule has 2 heterocycles. The Bertz CT molecular complexity index is 1020. The summed E-state index contributed by atoms with van der Waals surface area (Å²) in [7, 11) is 0. The van der Waals surface area contributed by atoms with Crippen molar-refractivity contribution in [2.75, 3.05) is 41.3 Å². The van der Waals surface area contributed by atoms with Gasteiger partial charge in [-0.05, 0) is 43.7 Å². The number of hydrogen-bond donors (Lipinski definition) is 1. The van der Waals surface area contributed by atoms with Crippen molar-refractivity contribution in [3.8, 4) is 0 Å². The van der Waals surface area contributed by atoms with Gasteiger partial charge in [-0.1, -0.05) is 12.1 Å². The zero-order chi connectivity index (χ0) is 20.4. The Labute approximate surface area is 169 Å². The molecule has 0 unspecified atom stereocenters. The van der Waals surface area contributed by atoms with Gasteiger partial charge in [0, 0.05) is 49.7 Å². The van der Waals surface area contributed by atoms with Gasteiger partial charge in [-0.2, -0.15) is 4.98 Å². The number of anilines is 4. The van der Waals surface area contributed by atoms with Gasteiger partial charge in [-0.25, -0.2) is 13.8 Å². The largest absolute Gasteiger partial charge is 0.368 e. The molecule has 4 rings (SSSR count). The first-order valence-electron chi connectivity index (χ1n) is 9.62. The molecule has 7 heteroatoms. The summed E-state index contributed by atoms with van der Waals surface area (Å²) in [4.78, 5) is 13.5. The van der Waals surface area contributed by atoms with Gasteiger partial charge >= 0.3 is 0 Å². The van der Waals surface area contributed by atoms with E-state index < -0.39 is 11.6 Å². The van der Waals surface area contributed by atoms with Crippen molar-refractivity contribution >= 4 is 23.1 Å². The lowest BCUT2D eigenvalue weighted by Crippen LogP contribution is -2.47.